The Balaban J connectivity index is 1.79. The van der Waals surface area contributed by atoms with Crippen LogP contribution < -0.4 is 10.6 Å². The maximum absolute atomic E-state index is 12.2. The van der Waals surface area contributed by atoms with Gasteiger partial charge in [-0.2, -0.15) is 0 Å². The van der Waals surface area contributed by atoms with Gasteiger partial charge in [-0.3, -0.25) is 9.69 Å². The molecule has 4 heteroatoms. The first-order valence-electron chi connectivity index (χ1n) is 8.01. The van der Waals surface area contributed by atoms with Crippen molar-refractivity contribution in [3.05, 3.63) is 29.3 Å². The lowest BCUT2D eigenvalue weighted by Gasteiger charge is -2.36. The normalized spacial score (nSPS) is 22.0. The van der Waals surface area contributed by atoms with Crippen LogP contribution in [0.2, 0.25) is 0 Å². The number of anilines is 1. The molecule has 0 radical (unpaired) electrons. The zero-order valence-electron chi connectivity index (χ0n) is 13.0. The molecule has 1 fully saturated rings. The van der Waals surface area contributed by atoms with Crippen LogP contribution in [0, 0.1) is 5.92 Å². The van der Waals surface area contributed by atoms with Crippen molar-refractivity contribution in [2.75, 3.05) is 25.0 Å². The van der Waals surface area contributed by atoms with E-state index in [0.717, 1.165) is 39.0 Å². The number of benzene rings is 1. The average molecular weight is 287 g/mol. The summed E-state index contributed by atoms with van der Waals surface area (Å²) in [4.78, 5) is 14.5. The van der Waals surface area contributed by atoms with Crippen molar-refractivity contribution in [1.29, 1.82) is 0 Å². The molecule has 1 aromatic rings. The van der Waals surface area contributed by atoms with Crippen LogP contribution in [-0.4, -0.2) is 36.5 Å². The van der Waals surface area contributed by atoms with Crippen molar-refractivity contribution in [1.82, 2.24) is 10.2 Å². The van der Waals surface area contributed by atoms with Crippen molar-refractivity contribution >= 4 is 11.6 Å². The number of nitrogens with zero attached hydrogens (tertiary/aromatic N) is 1. The van der Waals surface area contributed by atoms with Gasteiger partial charge >= 0.3 is 0 Å². The van der Waals surface area contributed by atoms with Gasteiger partial charge in [-0.05, 0) is 29.9 Å². The molecule has 0 spiro atoms. The molecule has 1 saturated heterocycles. The number of amides is 1. The van der Waals surface area contributed by atoms with E-state index < -0.39 is 0 Å². The lowest BCUT2D eigenvalue weighted by Crippen LogP contribution is -2.55. The molecule has 4 nitrogen and oxygen atoms in total. The van der Waals surface area contributed by atoms with Crippen LogP contribution in [0.3, 0.4) is 0 Å². The molecule has 2 heterocycles. The number of hydrogen-bond donors (Lipinski definition) is 2. The molecule has 21 heavy (non-hydrogen) atoms. The van der Waals surface area contributed by atoms with E-state index >= 15 is 0 Å². The summed E-state index contributed by atoms with van der Waals surface area (Å²) >= 11 is 0. The van der Waals surface area contributed by atoms with E-state index in [1.807, 2.05) is 0 Å². The van der Waals surface area contributed by atoms with E-state index in [1.165, 1.54) is 16.8 Å². The Morgan fingerprint density at radius 2 is 2.14 bits per heavy atom. The number of hydrogen-bond acceptors (Lipinski definition) is 3. The molecule has 0 saturated carbocycles. The highest BCUT2D eigenvalue weighted by atomic mass is 16.2. The average Bonchev–Trinajstić information content (AvgIpc) is 2.92. The summed E-state index contributed by atoms with van der Waals surface area (Å²) in [7, 11) is 0. The molecule has 2 N–H and O–H groups in total. The van der Waals surface area contributed by atoms with Gasteiger partial charge in [0.15, 0.2) is 0 Å². The van der Waals surface area contributed by atoms with Crippen LogP contribution in [0.4, 0.5) is 5.69 Å². The largest absolute Gasteiger partial charge is 0.384 e. The maximum atomic E-state index is 12.2. The summed E-state index contributed by atoms with van der Waals surface area (Å²) in [6, 6.07) is 6.54. The molecule has 2 aliphatic heterocycles. The zero-order valence-corrected chi connectivity index (χ0v) is 13.0. The Bertz CT molecular complexity index is 527. The number of para-hydroxylation sites is 1. The van der Waals surface area contributed by atoms with Gasteiger partial charge in [-0.25, -0.2) is 0 Å². The molecule has 0 bridgehead atoms. The molecule has 3 rings (SSSR count). The summed E-state index contributed by atoms with van der Waals surface area (Å²) in [5.41, 5.74) is 4.04. The minimum Gasteiger partial charge on any atom is -0.384 e. The molecule has 1 aromatic carbocycles. The van der Waals surface area contributed by atoms with Gasteiger partial charge in [0.1, 0.15) is 0 Å². The number of fused-ring (bicyclic) bond motifs is 1. The van der Waals surface area contributed by atoms with E-state index in [-0.39, 0.29) is 11.9 Å². The third kappa shape index (κ3) is 3.05. The summed E-state index contributed by atoms with van der Waals surface area (Å²) in [5.74, 6) is 0.719. The van der Waals surface area contributed by atoms with Crippen LogP contribution in [0.25, 0.3) is 0 Å². The second-order valence-corrected chi connectivity index (χ2v) is 6.53. The zero-order chi connectivity index (χ0) is 14.8. The molecule has 1 unspecified atom stereocenters. The first kappa shape index (κ1) is 14.4. The Hall–Kier alpha value is -1.55. The van der Waals surface area contributed by atoms with Gasteiger partial charge in [0.2, 0.25) is 5.91 Å². The highest BCUT2D eigenvalue weighted by Crippen LogP contribution is 2.28. The van der Waals surface area contributed by atoms with Gasteiger partial charge in [0.05, 0.1) is 6.04 Å². The molecule has 2 aliphatic rings. The van der Waals surface area contributed by atoms with Crippen LogP contribution in [-0.2, 0) is 17.8 Å². The predicted octanol–water partition coefficient (Wildman–Crippen LogP) is 2.00. The molecular weight excluding hydrogens is 262 g/mol. The third-order valence-corrected chi connectivity index (χ3v) is 4.44. The van der Waals surface area contributed by atoms with E-state index in [2.05, 4.69) is 47.6 Å². The lowest BCUT2D eigenvalue weighted by atomic mass is 9.98. The van der Waals surface area contributed by atoms with E-state index in [9.17, 15) is 4.79 Å². The van der Waals surface area contributed by atoms with E-state index in [0.29, 0.717) is 5.92 Å². The molecule has 114 valence electrons. The minimum atomic E-state index is 0.0102. The Labute approximate surface area is 126 Å². The van der Waals surface area contributed by atoms with Gasteiger partial charge in [-0.15, -0.1) is 0 Å². The fraction of sp³-hybridized carbons (Fsp3) is 0.588. The summed E-state index contributed by atoms with van der Waals surface area (Å²) in [6.45, 7) is 7.95. The number of nitrogens with one attached hydrogen (secondary N) is 2. The number of piperazine rings is 1. The monoisotopic (exact) mass is 287 g/mol. The smallest absolute Gasteiger partial charge is 0.237 e. The second kappa shape index (κ2) is 6.06. The van der Waals surface area contributed by atoms with Crippen molar-refractivity contribution in [3.63, 3.8) is 0 Å². The molecular formula is C17H25N3O. The van der Waals surface area contributed by atoms with Gasteiger partial charge in [-0.1, -0.05) is 32.0 Å². The topological polar surface area (TPSA) is 44.4 Å². The molecule has 0 aromatic heterocycles. The minimum absolute atomic E-state index is 0.0102. The highest BCUT2D eigenvalue weighted by Gasteiger charge is 2.30. The van der Waals surface area contributed by atoms with Crippen molar-refractivity contribution < 1.29 is 4.79 Å². The number of carbonyl (C=O) groups is 1. The Morgan fingerprint density at radius 1 is 1.29 bits per heavy atom. The van der Waals surface area contributed by atoms with Crippen LogP contribution in [0.1, 0.15) is 31.4 Å². The first-order valence-corrected chi connectivity index (χ1v) is 8.01. The van der Waals surface area contributed by atoms with Crippen molar-refractivity contribution in [3.8, 4) is 0 Å². The van der Waals surface area contributed by atoms with Crippen molar-refractivity contribution in [2.24, 2.45) is 5.92 Å². The number of carbonyl (C=O) groups excluding carboxylic acids is 1. The SMILES string of the molecule is CC(C)CC1C(=O)NCCN1Cc1cccc2c1NCC2. The quantitative estimate of drug-likeness (QED) is 0.890. The van der Waals surface area contributed by atoms with E-state index in [4.69, 9.17) is 0 Å². The second-order valence-electron chi connectivity index (χ2n) is 6.53. The predicted molar refractivity (Wildman–Crippen MR) is 85.3 cm³/mol. The molecule has 1 atom stereocenters. The summed E-state index contributed by atoms with van der Waals surface area (Å²) < 4.78 is 0. The summed E-state index contributed by atoms with van der Waals surface area (Å²) in [6.07, 6.45) is 2.04. The molecule has 1 amide bonds. The van der Waals surface area contributed by atoms with E-state index in [1.54, 1.807) is 0 Å². The highest BCUT2D eigenvalue weighted by molar-refractivity contribution is 5.82. The van der Waals surface area contributed by atoms with Gasteiger partial charge < -0.3 is 10.6 Å². The summed E-state index contributed by atoms with van der Waals surface area (Å²) in [5, 5.41) is 6.51. The fourth-order valence-corrected chi connectivity index (χ4v) is 3.42. The lowest BCUT2D eigenvalue weighted by molar-refractivity contribution is -0.130. The standard InChI is InChI=1S/C17H25N3O/c1-12(2)10-15-17(21)19-8-9-20(15)11-14-5-3-4-13-6-7-18-16(13)14/h3-5,12,15,18H,6-11H2,1-2H3,(H,19,21). The van der Waals surface area contributed by atoms with Crippen LogP contribution in [0.5, 0.6) is 0 Å². The number of rotatable bonds is 4. The van der Waals surface area contributed by atoms with Gasteiger partial charge in [0, 0.05) is 31.9 Å². The van der Waals surface area contributed by atoms with Crippen molar-refractivity contribution in [2.45, 2.75) is 39.3 Å². The third-order valence-electron chi connectivity index (χ3n) is 4.44. The Morgan fingerprint density at radius 3 is 2.95 bits per heavy atom. The first-order chi connectivity index (χ1) is 10.1. The van der Waals surface area contributed by atoms with Crippen LogP contribution in [0.15, 0.2) is 18.2 Å². The molecule has 0 aliphatic carbocycles. The van der Waals surface area contributed by atoms with Crippen LogP contribution >= 0.6 is 0 Å². The maximum Gasteiger partial charge on any atom is 0.237 e. The fourth-order valence-electron chi connectivity index (χ4n) is 3.42. The van der Waals surface area contributed by atoms with Gasteiger partial charge in [0.25, 0.3) is 0 Å². The Kier molecular flexibility index (Phi) is 4.15.